The lowest BCUT2D eigenvalue weighted by Crippen LogP contribution is -2.33. The smallest absolute Gasteiger partial charge is 0.242 e. The van der Waals surface area contributed by atoms with Crippen LogP contribution >= 0.6 is 0 Å². The van der Waals surface area contributed by atoms with Gasteiger partial charge in [-0.2, -0.15) is 0 Å². The molecule has 0 bridgehead atoms. The molecule has 6 heteroatoms. The summed E-state index contributed by atoms with van der Waals surface area (Å²) in [5.41, 5.74) is 7.21. The van der Waals surface area contributed by atoms with E-state index < -0.39 is 6.04 Å². The second-order valence-corrected chi connectivity index (χ2v) is 5.00. The fourth-order valence-corrected chi connectivity index (χ4v) is 1.90. The third-order valence-corrected chi connectivity index (χ3v) is 2.93. The number of nitrogen functional groups attached to an aromatic ring is 1. The molecule has 2 aromatic heterocycles. The van der Waals surface area contributed by atoms with Crippen LogP contribution in [0.1, 0.15) is 26.8 Å². The standard InChI is InChI=1S/C13H19N5O/c1-8(2)7-16-12(19)9(3)18-11-10(17-13(18)14)5-4-6-15-11/h4-6,8-9H,7H2,1-3H3,(H2,14,17)(H,16,19). The van der Waals surface area contributed by atoms with E-state index in [2.05, 4.69) is 15.3 Å². The van der Waals surface area contributed by atoms with Gasteiger partial charge in [0.1, 0.15) is 11.6 Å². The summed E-state index contributed by atoms with van der Waals surface area (Å²) in [5, 5.41) is 2.89. The maximum atomic E-state index is 12.1. The molecule has 3 N–H and O–H groups in total. The van der Waals surface area contributed by atoms with Gasteiger partial charge >= 0.3 is 0 Å². The van der Waals surface area contributed by atoms with Crippen LogP contribution in [0, 0.1) is 5.92 Å². The molecule has 6 nitrogen and oxygen atoms in total. The van der Waals surface area contributed by atoms with E-state index in [1.165, 1.54) is 0 Å². The van der Waals surface area contributed by atoms with Crippen molar-refractivity contribution in [3.63, 3.8) is 0 Å². The highest BCUT2D eigenvalue weighted by molar-refractivity contribution is 5.83. The highest BCUT2D eigenvalue weighted by Gasteiger charge is 2.20. The van der Waals surface area contributed by atoms with Crippen LogP contribution in [-0.4, -0.2) is 27.0 Å². The first-order valence-corrected chi connectivity index (χ1v) is 6.37. The van der Waals surface area contributed by atoms with E-state index in [1.807, 2.05) is 19.9 Å². The Balaban J connectivity index is 2.28. The minimum absolute atomic E-state index is 0.0784. The van der Waals surface area contributed by atoms with E-state index in [9.17, 15) is 4.79 Å². The van der Waals surface area contributed by atoms with Crippen molar-refractivity contribution in [1.82, 2.24) is 19.9 Å². The lowest BCUT2D eigenvalue weighted by atomic mass is 10.2. The summed E-state index contributed by atoms with van der Waals surface area (Å²) in [6.07, 6.45) is 1.67. The van der Waals surface area contributed by atoms with Gasteiger partial charge in [0.05, 0.1) is 0 Å². The van der Waals surface area contributed by atoms with Crippen molar-refractivity contribution in [2.45, 2.75) is 26.8 Å². The highest BCUT2D eigenvalue weighted by Crippen LogP contribution is 2.20. The van der Waals surface area contributed by atoms with Crippen LogP contribution in [0.3, 0.4) is 0 Å². The van der Waals surface area contributed by atoms with Crippen LogP contribution in [0.25, 0.3) is 11.2 Å². The number of aromatic nitrogens is 3. The molecule has 1 atom stereocenters. The number of hydrogen-bond acceptors (Lipinski definition) is 4. The van der Waals surface area contributed by atoms with Crippen molar-refractivity contribution in [2.75, 3.05) is 12.3 Å². The van der Waals surface area contributed by atoms with Gasteiger partial charge in [0.25, 0.3) is 0 Å². The van der Waals surface area contributed by atoms with E-state index in [0.29, 0.717) is 29.6 Å². The Bertz CT molecular complexity index is 590. The number of pyridine rings is 1. The molecule has 0 spiro atoms. The van der Waals surface area contributed by atoms with Gasteiger partial charge in [-0.25, -0.2) is 9.97 Å². The summed E-state index contributed by atoms with van der Waals surface area (Å²) in [7, 11) is 0. The minimum atomic E-state index is -0.432. The topological polar surface area (TPSA) is 85.8 Å². The maximum Gasteiger partial charge on any atom is 0.242 e. The van der Waals surface area contributed by atoms with Crippen LogP contribution in [0.4, 0.5) is 5.95 Å². The molecule has 19 heavy (non-hydrogen) atoms. The first-order chi connectivity index (χ1) is 9.00. The fourth-order valence-electron chi connectivity index (χ4n) is 1.90. The molecule has 2 heterocycles. The van der Waals surface area contributed by atoms with Gasteiger partial charge in [-0.1, -0.05) is 13.8 Å². The number of anilines is 1. The maximum absolute atomic E-state index is 12.1. The van der Waals surface area contributed by atoms with Crippen LogP contribution in [-0.2, 0) is 4.79 Å². The molecule has 0 aliphatic carbocycles. The first kappa shape index (κ1) is 13.3. The van der Waals surface area contributed by atoms with Crippen LogP contribution in [0.15, 0.2) is 18.3 Å². The molecule has 0 fully saturated rings. The number of nitrogens with one attached hydrogen (secondary N) is 1. The summed E-state index contributed by atoms with van der Waals surface area (Å²) in [6.45, 7) is 6.53. The lowest BCUT2D eigenvalue weighted by Gasteiger charge is -2.16. The molecule has 0 radical (unpaired) electrons. The molecule has 2 rings (SSSR count). The van der Waals surface area contributed by atoms with Gasteiger partial charge in [0, 0.05) is 12.7 Å². The highest BCUT2D eigenvalue weighted by atomic mass is 16.2. The summed E-state index contributed by atoms with van der Waals surface area (Å²) < 4.78 is 1.66. The third-order valence-electron chi connectivity index (χ3n) is 2.93. The Kier molecular flexibility index (Phi) is 3.69. The number of carbonyl (C=O) groups is 1. The van der Waals surface area contributed by atoms with Gasteiger partial charge in [-0.05, 0) is 25.0 Å². The predicted molar refractivity (Wildman–Crippen MR) is 74.5 cm³/mol. The van der Waals surface area contributed by atoms with E-state index in [4.69, 9.17) is 5.73 Å². The number of rotatable bonds is 4. The van der Waals surface area contributed by atoms with Crippen molar-refractivity contribution in [3.8, 4) is 0 Å². The Morgan fingerprint density at radius 1 is 1.47 bits per heavy atom. The zero-order valence-corrected chi connectivity index (χ0v) is 11.4. The van der Waals surface area contributed by atoms with Crippen molar-refractivity contribution in [3.05, 3.63) is 18.3 Å². The number of imidazole rings is 1. The second kappa shape index (κ2) is 5.26. The van der Waals surface area contributed by atoms with E-state index in [0.717, 1.165) is 0 Å². The number of amides is 1. The molecule has 102 valence electrons. The average Bonchev–Trinajstić information content (AvgIpc) is 2.70. The largest absolute Gasteiger partial charge is 0.369 e. The van der Waals surface area contributed by atoms with Crippen molar-refractivity contribution in [2.24, 2.45) is 5.92 Å². The molecule has 2 aromatic rings. The molecule has 0 aliphatic heterocycles. The number of carbonyl (C=O) groups excluding carboxylic acids is 1. The molecular weight excluding hydrogens is 242 g/mol. The van der Waals surface area contributed by atoms with Crippen molar-refractivity contribution >= 4 is 23.0 Å². The minimum Gasteiger partial charge on any atom is -0.369 e. The van der Waals surface area contributed by atoms with E-state index >= 15 is 0 Å². The Morgan fingerprint density at radius 3 is 2.89 bits per heavy atom. The fraction of sp³-hybridized carbons (Fsp3) is 0.462. The third kappa shape index (κ3) is 2.67. The zero-order chi connectivity index (χ0) is 14.0. The van der Waals surface area contributed by atoms with E-state index in [1.54, 1.807) is 23.8 Å². The van der Waals surface area contributed by atoms with Gasteiger partial charge in [-0.15, -0.1) is 0 Å². The van der Waals surface area contributed by atoms with Crippen LogP contribution < -0.4 is 11.1 Å². The van der Waals surface area contributed by atoms with E-state index in [-0.39, 0.29) is 5.91 Å². The van der Waals surface area contributed by atoms with Gasteiger partial charge < -0.3 is 11.1 Å². The normalized spacial score (nSPS) is 12.8. The van der Waals surface area contributed by atoms with Crippen molar-refractivity contribution < 1.29 is 4.79 Å². The monoisotopic (exact) mass is 261 g/mol. The summed E-state index contributed by atoms with van der Waals surface area (Å²) >= 11 is 0. The van der Waals surface area contributed by atoms with Crippen LogP contribution in [0.2, 0.25) is 0 Å². The predicted octanol–water partition coefficient (Wildman–Crippen LogP) is 1.35. The summed E-state index contributed by atoms with van der Waals surface area (Å²) in [5.74, 6) is 0.636. The molecular formula is C13H19N5O. The Labute approximate surface area is 112 Å². The number of fused-ring (bicyclic) bond motifs is 1. The molecule has 0 aromatic carbocycles. The molecule has 0 saturated carbocycles. The Morgan fingerprint density at radius 2 is 2.21 bits per heavy atom. The SMILES string of the molecule is CC(C)CNC(=O)C(C)n1c(N)nc2cccnc21. The van der Waals surface area contributed by atoms with Gasteiger partial charge in [0.15, 0.2) is 5.65 Å². The quantitative estimate of drug-likeness (QED) is 0.869. The molecule has 0 saturated heterocycles. The zero-order valence-electron chi connectivity index (χ0n) is 11.4. The number of nitrogens with zero attached hydrogens (tertiary/aromatic N) is 3. The lowest BCUT2D eigenvalue weighted by molar-refractivity contribution is -0.123. The molecule has 0 aliphatic rings. The Hall–Kier alpha value is -2.11. The average molecular weight is 261 g/mol. The second-order valence-electron chi connectivity index (χ2n) is 5.00. The van der Waals surface area contributed by atoms with Gasteiger partial charge in [0.2, 0.25) is 11.9 Å². The summed E-state index contributed by atoms with van der Waals surface area (Å²) in [4.78, 5) is 20.5. The molecule has 1 unspecified atom stereocenters. The number of hydrogen-bond donors (Lipinski definition) is 2. The number of nitrogens with two attached hydrogens (primary N) is 1. The van der Waals surface area contributed by atoms with Gasteiger partial charge in [-0.3, -0.25) is 9.36 Å². The van der Waals surface area contributed by atoms with Crippen molar-refractivity contribution in [1.29, 1.82) is 0 Å². The first-order valence-electron chi connectivity index (χ1n) is 6.37. The molecule has 1 amide bonds. The van der Waals surface area contributed by atoms with Crippen LogP contribution in [0.5, 0.6) is 0 Å². The summed E-state index contributed by atoms with van der Waals surface area (Å²) in [6, 6.07) is 3.19.